The standard InChI is InChI=1S/C27H56O4/c1-3-5-7-9-14-20-26(29,21-15-11-12-19-25-28)22-16-13-18-24-27(30,31)23-17-10-8-6-4-2/h28-31H,3-25H2,1-2H3. The Hall–Kier alpha value is -0.160. The van der Waals surface area contributed by atoms with Crippen LogP contribution in [0.5, 0.6) is 0 Å². The first-order valence-corrected chi connectivity index (χ1v) is 13.7. The van der Waals surface area contributed by atoms with E-state index in [-0.39, 0.29) is 6.61 Å². The lowest BCUT2D eigenvalue weighted by Crippen LogP contribution is -2.29. The van der Waals surface area contributed by atoms with Crippen molar-refractivity contribution in [2.24, 2.45) is 0 Å². The van der Waals surface area contributed by atoms with Crippen molar-refractivity contribution in [3.63, 3.8) is 0 Å². The molecular weight excluding hydrogens is 388 g/mol. The molecule has 0 spiro atoms. The molecule has 0 aromatic carbocycles. The molecule has 0 saturated heterocycles. The molecule has 188 valence electrons. The van der Waals surface area contributed by atoms with Crippen molar-refractivity contribution in [3.8, 4) is 0 Å². The lowest BCUT2D eigenvalue weighted by molar-refractivity contribution is -0.172. The zero-order chi connectivity index (χ0) is 23.3. The molecule has 0 rings (SSSR count). The van der Waals surface area contributed by atoms with Gasteiger partial charge >= 0.3 is 0 Å². The first-order chi connectivity index (χ1) is 14.9. The van der Waals surface area contributed by atoms with Crippen LogP contribution in [0.1, 0.15) is 155 Å². The van der Waals surface area contributed by atoms with Gasteiger partial charge in [0.05, 0.1) is 5.60 Å². The average molecular weight is 445 g/mol. The number of rotatable bonds is 24. The quantitative estimate of drug-likeness (QED) is 0.0953. The molecule has 0 aliphatic rings. The molecule has 0 radical (unpaired) electrons. The van der Waals surface area contributed by atoms with E-state index >= 15 is 0 Å². The fourth-order valence-corrected chi connectivity index (χ4v) is 4.53. The highest BCUT2D eigenvalue weighted by Crippen LogP contribution is 2.29. The molecule has 0 saturated carbocycles. The van der Waals surface area contributed by atoms with Gasteiger partial charge in [0.1, 0.15) is 0 Å². The highest BCUT2D eigenvalue weighted by Gasteiger charge is 2.26. The maximum absolute atomic E-state index is 11.2. The summed E-state index contributed by atoms with van der Waals surface area (Å²) in [6.07, 6.45) is 21.9. The van der Waals surface area contributed by atoms with Crippen LogP contribution in [0, 0.1) is 0 Å². The number of hydrogen-bond acceptors (Lipinski definition) is 4. The van der Waals surface area contributed by atoms with Crippen molar-refractivity contribution in [1.82, 2.24) is 0 Å². The predicted molar refractivity (Wildman–Crippen MR) is 132 cm³/mol. The first-order valence-electron chi connectivity index (χ1n) is 13.7. The Kier molecular flexibility index (Phi) is 20.3. The molecule has 0 aliphatic carbocycles. The van der Waals surface area contributed by atoms with Crippen LogP contribution in [0.25, 0.3) is 0 Å². The van der Waals surface area contributed by atoms with Crippen LogP contribution in [-0.4, -0.2) is 38.4 Å². The predicted octanol–water partition coefficient (Wildman–Crippen LogP) is 7.01. The molecule has 0 fully saturated rings. The molecule has 1 atom stereocenters. The van der Waals surface area contributed by atoms with Gasteiger partial charge in [0.25, 0.3) is 0 Å². The van der Waals surface area contributed by atoms with Crippen molar-refractivity contribution in [1.29, 1.82) is 0 Å². The molecule has 0 aromatic heterocycles. The van der Waals surface area contributed by atoms with Gasteiger partial charge < -0.3 is 20.4 Å². The third-order valence-electron chi connectivity index (χ3n) is 6.70. The Morgan fingerprint density at radius 2 is 0.742 bits per heavy atom. The second-order valence-corrected chi connectivity index (χ2v) is 9.98. The summed E-state index contributed by atoms with van der Waals surface area (Å²) < 4.78 is 0. The van der Waals surface area contributed by atoms with Gasteiger partial charge in [-0.2, -0.15) is 0 Å². The van der Waals surface area contributed by atoms with Crippen molar-refractivity contribution in [2.75, 3.05) is 6.61 Å². The van der Waals surface area contributed by atoms with E-state index in [2.05, 4.69) is 13.8 Å². The van der Waals surface area contributed by atoms with Crippen molar-refractivity contribution in [2.45, 2.75) is 166 Å². The molecule has 4 nitrogen and oxygen atoms in total. The lowest BCUT2D eigenvalue weighted by Gasteiger charge is -2.29. The van der Waals surface area contributed by atoms with Crippen LogP contribution < -0.4 is 0 Å². The summed E-state index contributed by atoms with van der Waals surface area (Å²) in [5.41, 5.74) is -0.569. The minimum absolute atomic E-state index is 0.262. The zero-order valence-corrected chi connectivity index (χ0v) is 21.1. The highest BCUT2D eigenvalue weighted by molar-refractivity contribution is 4.79. The number of aliphatic hydroxyl groups excluding tert-OH is 1. The smallest absolute Gasteiger partial charge is 0.162 e. The Labute approximate surface area is 193 Å². The fourth-order valence-electron chi connectivity index (χ4n) is 4.53. The molecule has 0 heterocycles. The number of unbranched alkanes of at least 4 members (excludes halogenated alkanes) is 13. The largest absolute Gasteiger partial charge is 0.396 e. The second-order valence-electron chi connectivity index (χ2n) is 9.98. The lowest BCUT2D eigenvalue weighted by atomic mass is 9.85. The van der Waals surface area contributed by atoms with E-state index in [0.717, 1.165) is 83.5 Å². The van der Waals surface area contributed by atoms with Crippen LogP contribution in [0.2, 0.25) is 0 Å². The van der Waals surface area contributed by atoms with Crippen molar-refractivity contribution >= 4 is 0 Å². The molecule has 4 N–H and O–H groups in total. The molecule has 31 heavy (non-hydrogen) atoms. The van der Waals surface area contributed by atoms with E-state index in [9.17, 15) is 15.3 Å². The zero-order valence-electron chi connectivity index (χ0n) is 21.1. The molecule has 4 heteroatoms. The summed E-state index contributed by atoms with van der Waals surface area (Å²) >= 11 is 0. The van der Waals surface area contributed by atoms with Gasteiger partial charge in [-0.1, -0.05) is 104 Å². The Balaban J connectivity index is 4.16. The van der Waals surface area contributed by atoms with Gasteiger partial charge in [0, 0.05) is 19.4 Å². The van der Waals surface area contributed by atoms with Crippen LogP contribution in [0.15, 0.2) is 0 Å². The van der Waals surface area contributed by atoms with Crippen LogP contribution in [-0.2, 0) is 0 Å². The first kappa shape index (κ1) is 30.8. The summed E-state index contributed by atoms with van der Waals surface area (Å²) in [4.78, 5) is 0. The van der Waals surface area contributed by atoms with Crippen molar-refractivity contribution in [3.05, 3.63) is 0 Å². The molecule has 1 unspecified atom stereocenters. The monoisotopic (exact) mass is 444 g/mol. The van der Waals surface area contributed by atoms with E-state index in [1.807, 2.05) is 0 Å². The third-order valence-corrected chi connectivity index (χ3v) is 6.70. The Morgan fingerprint density at radius 1 is 0.419 bits per heavy atom. The molecule has 0 bridgehead atoms. The average Bonchev–Trinajstić information content (AvgIpc) is 2.73. The second kappa shape index (κ2) is 20.4. The van der Waals surface area contributed by atoms with Gasteiger partial charge in [-0.25, -0.2) is 0 Å². The molecule has 0 aliphatic heterocycles. The minimum atomic E-state index is -1.52. The fraction of sp³-hybridized carbons (Fsp3) is 1.00. The van der Waals surface area contributed by atoms with Crippen LogP contribution in [0.3, 0.4) is 0 Å². The maximum atomic E-state index is 11.2. The number of aliphatic hydroxyl groups is 4. The van der Waals surface area contributed by atoms with Crippen molar-refractivity contribution < 1.29 is 20.4 Å². The van der Waals surface area contributed by atoms with E-state index in [4.69, 9.17) is 5.11 Å². The molecular formula is C27H56O4. The van der Waals surface area contributed by atoms with Gasteiger partial charge in [-0.3, -0.25) is 0 Å². The third kappa shape index (κ3) is 20.2. The summed E-state index contributed by atoms with van der Waals surface area (Å²) in [5.74, 6) is -1.52. The summed E-state index contributed by atoms with van der Waals surface area (Å²) in [6.45, 7) is 4.67. The van der Waals surface area contributed by atoms with E-state index < -0.39 is 11.4 Å². The summed E-state index contributed by atoms with van der Waals surface area (Å²) in [6, 6.07) is 0. The van der Waals surface area contributed by atoms with Crippen LogP contribution in [0.4, 0.5) is 0 Å². The number of hydrogen-bond donors (Lipinski definition) is 4. The minimum Gasteiger partial charge on any atom is -0.396 e. The molecule has 0 amide bonds. The SMILES string of the molecule is CCCCCCCC(O)(O)CCCCCC(O)(CCCCCCC)CCCCCCO. The van der Waals surface area contributed by atoms with Gasteiger partial charge in [0.15, 0.2) is 5.79 Å². The Morgan fingerprint density at radius 3 is 1.13 bits per heavy atom. The maximum Gasteiger partial charge on any atom is 0.162 e. The van der Waals surface area contributed by atoms with Gasteiger partial charge in [-0.15, -0.1) is 0 Å². The Bertz CT molecular complexity index is 356. The van der Waals surface area contributed by atoms with Gasteiger partial charge in [-0.05, 0) is 38.5 Å². The highest BCUT2D eigenvalue weighted by atomic mass is 16.5. The van der Waals surface area contributed by atoms with Crippen LogP contribution >= 0.6 is 0 Å². The summed E-state index contributed by atoms with van der Waals surface area (Å²) in [5, 5.41) is 40.5. The van der Waals surface area contributed by atoms with E-state index in [1.165, 1.54) is 44.9 Å². The van der Waals surface area contributed by atoms with Gasteiger partial charge in [0.2, 0.25) is 0 Å². The van der Waals surface area contributed by atoms with E-state index in [0.29, 0.717) is 12.8 Å². The normalized spacial score (nSPS) is 14.1. The van der Waals surface area contributed by atoms with E-state index in [1.54, 1.807) is 0 Å². The topological polar surface area (TPSA) is 80.9 Å². The molecule has 0 aromatic rings. The summed E-state index contributed by atoms with van der Waals surface area (Å²) in [7, 11) is 0.